The van der Waals surface area contributed by atoms with Crippen LogP contribution in [0.4, 0.5) is 5.82 Å². The molecule has 2 aliphatic rings. The summed E-state index contributed by atoms with van der Waals surface area (Å²) >= 11 is 5.80. The molecule has 1 aliphatic carbocycles. The summed E-state index contributed by atoms with van der Waals surface area (Å²) in [6.45, 7) is 0. The lowest BCUT2D eigenvalue weighted by molar-refractivity contribution is 0.0843. The third kappa shape index (κ3) is 1.28. The molecule has 0 saturated heterocycles. The maximum atomic E-state index is 11.8. The lowest BCUT2D eigenvalue weighted by Crippen LogP contribution is -2.61. The summed E-state index contributed by atoms with van der Waals surface area (Å²) in [4.78, 5) is 15.9. The summed E-state index contributed by atoms with van der Waals surface area (Å²) in [6, 6.07) is 3.32. The molecular weight excluding hydrogens is 214 g/mol. The van der Waals surface area contributed by atoms with Crippen LogP contribution in [-0.2, 0) is 0 Å². The maximum absolute atomic E-state index is 11.8. The normalized spacial score (nSPS) is 21.3. The van der Waals surface area contributed by atoms with Gasteiger partial charge in [0, 0.05) is 0 Å². The fraction of sp³-hybridized carbons (Fsp3) is 0.400. The highest BCUT2D eigenvalue weighted by molar-refractivity contribution is 6.29. The van der Waals surface area contributed by atoms with Crippen molar-refractivity contribution in [1.29, 1.82) is 0 Å². The molecular formula is C10H10ClN3O. The number of rotatable bonds is 0. The van der Waals surface area contributed by atoms with Crippen LogP contribution in [0.1, 0.15) is 29.6 Å². The first-order chi connectivity index (χ1) is 7.19. The first kappa shape index (κ1) is 8.97. The van der Waals surface area contributed by atoms with Crippen molar-refractivity contribution in [3.63, 3.8) is 0 Å². The minimum absolute atomic E-state index is 0.0624. The quantitative estimate of drug-likeness (QED) is 0.659. The van der Waals surface area contributed by atoms with E-state index in [4.69, 9.17) is 11.6 Å². The lowest BCUT2D eigenvalue weighted by atomic mass is 9.83. The van der Waals surface area contributed by atoms with Gasteiger partial charge in [0.05, 0.1) is 5.56 Å². The van der Waals surface area contributed by atoms with Gasteiger partial charge in [-0.2, -0.15) is 0 Å². The molecule has 4 nitrogen and oxygen atoms in total. The smallest absolute Gasteiger partial charge is 0.256 e. The molecule has 0 radical (unpaired) electrons. The Morgan fingerprint density at radius 2 is 2.13 bits per heavy atom. The number of aromatic nitrogens is 1. The third-order valence-electron chi connectivity index (χ3n) is 3.02. The van der Waals surface area contributed by atoms with Crippen molar-refractivity contribution in [3.8, 4) is 0 Å². The number of hydrogen-bond acceptors (Lipinski definition) is 3. The van der Waals surface area contributed by atoms with E-state index in [1.165, 1.54) is 0 Å². The zero-order chi connectivity index (χ0) is 10.5. The molecule has 5 heteroatoms. The first-order valence-electron chi connectivity index (χ1n) is 4.96. The highest BCUT2D eigenvalue weighted by Gasteiger charge is 2.42. The molecule has 0 bridgehead atoms. The monoisotopic (exact) mass is 223 g/mol. The molecule has 15 heavy (non-hydrogen) atoms. The number of anilines is 1. The van der Waals surface area contributed by atoms with Gasteiger partial charge in [-0.15, -0.1) is 0 Å². The molecule has 0 atom stereocenters. The summed E-state index contributed by atoms with van der Waals surface area (Å²) in [5.74, 6) is 0.540. The number of fused-ring (bicyclic) bond motifs is 1. The molecule has 0 aromatic carbocycles. The Bertz CT molecular complexity index is 442. The van der Waals surface area contributed by atoms with E-state index in [1.54, 1.807) is 12.1 Å². The summed E-state index contributed by atoms with van der Waals surface area (Å²) in [7, 11) is 0. The summed E-state index contributed by atoms with van der Waals surface area (Å²) < 4.78 is 0. The Hall–Kier alpha value is -1.29. The number of nitrogens with zero attached hydrogens (tertiary/aromatic N) is 1. The van der Waals surface area contributed by atoms with E-state index in [1.807, 2.05) is 0 Å². The summed E-state index contributed by atoms with van der Waals surface area (Å²) in [6.07, 6.45) is 3.03. The molecule has 1 aliphatic heterocycles. The van der Waals surface area contributed by atoms with Gasteiger partial charge < -0.3 is 10.6 Å². The molecule has 1 aromatic heterocycles. The summed E-state index contributed by atoms with van der Waals surface area (Å²) in [5, 5.41) is 6.63. The second-order valence-corrected chi connectivity index (χ2v) is 4.43. The number of carbonyl (C=O) groups excluding carboxylic acids is 1. The number of nitrogens with one attached hydrogen (secondary N) is 2. The lowest BCUT2D eigenvalue weighted by Gasteiger charge is -2.46. The first-order valence-corrected chi connectivity index (χ1v) is 5.34. The van der Waals surface area contributed by atoms with Crippen molar-refractivity contribution in [2.24, 2.45) is 0 Å². The number of halogens is 1. The van der Waals surface area contributed by atoms with Crippen LogP contribution in [0.5, 0.6) is 0 Å². The SMILES string of the molecule is O=C1NC2(CCC2)Nc2nc(Cl)ccc21. The Labute approximate surface area is 92.0 Å². The van der Waals surface area contributed by atoms with E-state index in [9.17, 15) is 4.79 Å². The van der Waals surface area contributed by atoms with Crippen molar-refractivity contribution in [1.82, 2.24) is 10.3 Å². The molecule has 2 heterocycles. The summed E-state index contributed by atoms with van der Waals surface area (Å²) in [5.41, 5.74) is 0.304. The third-order valence-corrected chi connectivity index (χ3v) is 3.23. The van der Waals surface area contributed by atoms with Crippen LogP contribution in [0, 0.1) is 0 Å². The van der Waals surface area contributed by atoms with E-state index in [-0.39, 0.29) is 11.6 Å². The highest BCUT2D eigenvalue weighted by Crippen LogP contribution is 2.36. The number of amides is 1. The predicted molar refractivity (Wildman–Crippen MR) is 56.9 cm³/mol. The topological polar surface area (TPSA) is 54.0 Å². The van der Waals surface area contributed by atoms with E-state index >= 15 is 0 Å². The van der Waals surface area contributed by atoms with Crippen LogP contribution in [0.2, 0.25) is 5.15 Å². The van der Waals surface area contributed by atoms with Gasteiger partial charge in [0.25, 0.3) is 5.91 Å². The largest absolute Gasteiger partial charge is 0.347 e. The van der Waals surface area contributed by atoms with Gasteiger partial charge >= 0.3 is 0 Å². The van der Waals surface area contributed by atoms with Crippen molar-refractivity contribution >= 4 is 23.3 Å². The second-order valence-electron chi connectivity index (χ2n) is 4.04. The van der Waals surface area contributed by atoms with Crippen LogP contribution in [0.25, 0.3) is 0 Å². The average molecular weight is 224 g/mol. The van der Waals surface area contributed by atoms with E-state index in [2.05, 4.69) is 15.6 Å². The van der Waals surface area contributed by atoms with Crippen molar-refractivity contribution in [3.05, 3.63) is 22.8 Å². The Balaban J connectivity index is 2.05. The Morgan fingerprint density at radius 3 is 2.80 bits per heavy atom. The van der Waals surface area contributed by atoms with Crippen LogP contribution in [0.15, 0.2) is 12.1 Å². The minimum Gasteiger partial charge on any atom is -0.347 e. The van der Waals surface area contributed by atoms with Gasteiger partial charge in [0.2, 0.25) is 0 Å². The number of hydrogen-bond donors (Lipinski definition) is 2. The standard InChI is InChI=1S/C10H10ClN3O/c11-7-3-2-6-8(12-7)13-10(4-1-5-10)14-9(6)15/h2-3H,1,4-5H2,(H,12,13)(H,14,15). The molecule has 0 unspecified atom stereocenters. The molecule has 1 amide bonds. The zero-order valence-corrected chi connectivity index (χ0v) is 8.77. The molecule has 3 rings (SSSR count). The van der Waals surface area contributed by atoms with Gasteiger partial charge in [0.1, 0.15) is 16.6 Å². The molecule has 1 spiro atoms. The van der Waals surface area contributed by atoms with Crippen LogP contribution < -0.4 is 10.6 Å². The molecule has 1 fully saturated rings. The van der Waals surface area contributed by atoms with E-state index in [0.717, 1.165) is 19.3 Å². The predicted octanol–water partition coefficient (Wildman–Crippen LogP) is 1.77. The van der Waals surface area contributed by atoms with E-state index < -0.39 is 0 Å². The fourth-order valence-corrected chi connectivity index (χ4v) is 2.18. The average Bonchev–Trinajstić information content (AvgIpc) is 2.14. The van der Waals surface area contributed by atoms with Gasteiger partial charge in [-0.1, -0.05) is 11.6 Å². The molecule has 78 valence electrons. The highest BCUT2D eigenvalue weighted by atomic mass is 35.5. The Kier molecular flexibility index (Phi) is 1.71. The van der Waals surface area contributed by atoms with Crippen molar-refractivity contribution in [2.45, 2.75) is 24.9 Å². The van der Waals surface area contributed by atoms with Crippen LogP contribution in [-0.4, -0.2) is 16.6 Å². The molecule has 2 N–H and O–H groups in total. The zero-order valence-electron chi connectivity index (χ0n) is 8.01. The van der Waals surface area contributed by atoms with Crippen molar-refractivity contribution < 1.29 is 4.79 Å². The van der Waals surface area contributed by atoms with Crippen LogP contribution in [0.3, 0.4) is 0 Å². The number of pyridine rings is 1. The van der Waals surface area contributed by atoms with Gasteiger partial charge in [0.15, 0.2) is 0 Å². The minimum atomic E-state index is -0.262. The maximum Gasteiger partial charge on any atom is 0.256 e. The van der Waals surface area contributed by atoms with Crippen molar-refractivity contribution in [2.75, 3.05) is 5.32 Å². The van der Waals surface area contributed by atoms with Gasteiger partial charge in [-0.3, -0.25) is 4.79 Å². The van der Waals surface area contributed by atoms with Crippen LogP contribution >= 0.6 is 11.6 Å². The Morgan fingerprint density at radius 1 is 1.33 bits per heavy atom. The van der Waals surface area contributed by atoms with Gasteiger partial charge in [-0.25, -0.2) is 4.98 Å². The molecule has 1 aromatic rings. The van der Waals surface area contributed by atoms with E-state index in [0.29, 0.717) is 16.5 Å². The van der Waals surface area contributed by atoms with Gasteiger partial charge in [-0.05, 0) is 31.4 Å². The molecule has 1 saturated carbocycles. The fourth-order valence-electron chi connectivity index (χ4n) is 2.04. The second kappa shape index (κ2) is 2.85. The number of carbonyl (C=O) groups is 1.